The zero-order valence-corrected chi connectivity index (χ0v) is 20.5. The minimum Gasteiger partial charge on any atom is -0.477 e. The molecule has 0 radical (unpaired) electrons. The van der Waals surface area contributed by atoms with E-state index in [0.29, 0.717) is 22.0 Å². The van der Waals surface area contributed by atoms with Crippen LogP contribution in [0.25, 0.3) is 5.65 Å². The van der Waals surface area contributed by atoms with Crippen molar-refractivity contribution in [2.24, 2.45) is 5.16 Å². The highest BCUT2D eigenvalue weighted by Crippen LogP contribution is 2.41. The number of nitrogens with two attached hydrogens (primary N) is 1. The number of amides is 2. The zero-order valence-electron chi connectivity index (χ0n) is 18.9. The van der Waals surface area contributed by atoms with E-state index in [1.165, 1.54) is 52.4 Å². The van der Waals surface area contributed by atoms with E-state index in [1.807, 2.05) is 0 Å². The van der Waals surface area contributed by atoms with E-state index in [2.05, 4.69) is 41.1 Å². The summed E-state index contributed by atoms with van der Waals surface area (Å²) in [6.45, 7) is 0. The molecule has 0 saturated carbocycles. The molecule has 37 heavy (non-hydrogen) atoms. The molecule has 1 saturated heterocycles. The standard InChI is InChI=1S/C19H17N11O5S2/c1-35-26-12(15-21-5-4-9(20)22-15)16(31)23-13-17(32)29-14(19(33)34)8(7-37-18(13)29)6-36-11-3-2-10-24-27-28-30(10)25-11/h2-5,13,18H,6-7H2,1H3,(H,23,31)(H,33,34)(H2,20,21,22)/b26-12-/t13?,18-/m1/s1. The lowest BCUT2D eigenvalue weighted by molar-refractivity contribution is -0.150. The number of nitrogen functional groups attached to an aromatic ring is 1. The van der Waals surface area contributed by atoms with Crippen molar-refractivity contribution < 1.29 is 24.3 Å². The predicted molar refractivity (Wildman–Crippen MR) is 129 cm³/mol. The van der Waals surface area contributed by atoms with Crippen molar-refractivity contribution in [3.05, 3.63) is 41.5 Å². The van der Waals surface area contributed by atoms with E-state index in [9.17, 15) is 19.5 Å². The first kappa shape index (κ1) is 24.4. The highest BCUT2D eigenvalue weighted by atomic mass is 32.2. The average Bonchev–Trinajstić information content (AvgIpc) is 3.36. The van der Waals surface area contributed by atoms with E-state index >= 15 is 0 Å². The van der Waals surface area contributed by atoms with E-state index in [4.69, 9.17) is 10.6 Å². The number of β-lactam (4-membered cyclic amide) rings is 1. The number of hydrogen-bond acceptors (Lipinski definition) is 14. The van der Waals surface area contributed by atoms with Crippen LogP contribution in [0.1, 0.15) is 5.82 Å². The number of carboxylic acids is 1. The number of carboxylic acid groups (broad SMARTS) is 1. The summed E-state index contributed by atoms with van der Waals surface area (Å²) in [6.07, 6.45) is 1.35. The van der Waals surface area contributed by atoms with Crippen LogP contribution < -0.4 is 11.1 Å². The Morgan fingerprint density at radius 2 is 2.22 bits per heavy atom. The van der Waals surface area contributed by atoms with Crippen LogP contribution in [0.3, 0.4) is 0 Å². The maximum Gasteiger partial charge on any atom is 0.352 e. The van der Waals surface area contributed by atoms with Crippen LogP contribution in [0.4, 0.5) is 5.82 Å². The summed E-state index contributed by atoms with van der Waals surface area (Å²) in [5, 5.41) is 31.4. The normalized spacial score (nSPS) is 19.4. The fourth-order valence-electron chi connectivity index (χ4n) is 3.64. The molecule has 5 rings (SSSR count). The summed E-state index contributed by atoms with van der Waals surface area (Å²) in [4.78, 5) is 51.9. The number of nitrogens with one attached hydrogen (secondary N) is 1. The molecule has 0 aromatic carbocycles. The van der Waals surface area contributed by atoms with Crippen molar-refractivity contribution in [1.82, 2.24) is 45.4 Å². The number of hydrogen-bond donors (Lipinski definition) is 3. The number of fused-ring (bicyclic) bond motifs is 2. The Bertz CT molecular complexity index is 1480. The number of carbonyl (C=O) groups excluding carboxylic acids is 2. The molecule has 1 fully saturated rings. The zero-order chi connectivity index (χ0) is 26.1. The average molecular weight is 544 g/mol. The number of carbonyl (C=O) groups is 3. The molecule has 2 aliphatic heterocycles. The van der Waals surface area contributed by atoms with Crippen LogP contribution >= 0.6 is 23.5 Å². The number of tetrazole rings is 1. The monoisotopic (exact) mass is 543 g/mol. The topological polar surface area (TPSA) is 216 Å². The summed E-state index contributed by atoms with van der Waals surface area (Å²) in [7, 11) is 1.24. The van der Waals surface area contributed by atoms with Gasteiger partial charge >= 0.3 is 5.97 Å². The molecular weight excluding hydrogens is 526 g/mol. The van der Waals surface area contributed by atoms with E-state index in [1.54, 1.807) is 12.1 Å². The molecule has 18 heteroatoms. The Balaban J connectivity index is 1.31. The molecular formula is C19H17N11O5S2. The van der Waals surface area contributed by atoms with Crippen LogP contribution in [0.5, 0.6) is 0 Å². The van der Waals surface area contributed by atoms with Gasteiger partial charge in [0.15, 0.2) is 11.5 Å². The molecule has 3 aromatic heterocycles. The summed E-state index contributed by atoms with van der Waals surface area (Å²) in [5.74, 6) is -1.93. The molecule has 2 amide bonds. The first-order valence-electron chi connectivity index (χ1n) is 10.5. The van der Waals surface area contributed by atoms with Crippen LogP contribution in [0.15, 0.2) is 45.8 Å². The molecule has 5 heterocycles. The first-order chi connectivity index (χ1) is 17.9. The van der Waals surface area contributed by atoms with Gasteiger partial charge in [-0.15, -0.1) is 38.4 Å². The van der Waals surface area contributed by atoms with Crippen molar-refractivity contribution in [3.8, 4) is 0 Å². The second kappa shape index (κ2) is 9.97. The van der Waals surface area contributed by atoms with Crippen LogP contribution in [-0.2, 0) is 19.2 Å². The molecule has 2 aliphatic rings. The molecule has 0 aliphatic carbocycles. The van der Waals surface area contributed by atoms with Gasteiger partial charge in [0.1, 0.15) is 35.1 Å². The van der Waals surface area contributed by atoms with Gasteiger partial charge in [0, 0.05) is 17.7 Å². The van der Waals surface area contributed by atoms with Crippen molar-refractivity contribution in [1.29, 1.82) is 0 Å². The maximum atomic E-state index is 13.0. The fourth-order valence-corrected chi connectivity index (χ4v) is 5.97. The first-order valence-corrected chi connectivity index (χ1v) is 12.5. The van der Waals surface area contributed by atoms with Crippen LogP contribution in [0.2, 0.25) is 0 Å². The van der Waals surface area contributed by atoms with E-state index in [-0.39, 0.29) is 28.8 Å². The van der Waals surface area contributed by atoms with Gasteiger partial charge in [-0.25, -0.2) is 14.8 Å². The van der Waals surface area contributed by atoms with Crippen LogP contribution in [0, 0.1) is 0 Å². The third kappa shape index (κ3) is 4.62. The Hall–Kier alpha value is -4.32. The van der Waals surface area contributed by atoms with Crippen molar-refractivity contribution >= 4 is 58.5 Å². The number of thioether (sulfide) groups is 2. The van der Waals surface area contributed by atoms with Crippen molar-refractivity contribution in [2.75, 3.05) is 24.3 Å². The summed E-state index contributed by atoms with van der Waals surface area (Å²) < 4.78 is 1.27. The Morgan fingerprint density at radius 1 is 1.38 bits per heavy atom. The van der Waals surface area contributed by atoms with Crippen molar-refractivity contribution in [3.63, 3.8) is 0 Å². The van der Waals surface area contributed by atoms with E-state index in [0.717, 1.165) is 0 Å². The van der Waals surface area contributed by atoms with E-state index < -0.39 is 29.2 Å². The van der Waals surface area contributed by atoms with Gasteiger partial charge < -0.3 is 21.0 Å². The van der Waals surface area contributed by atoms with Gasteiger partial charge in [0.05, 0.1) is 0 Å². The maximum absolute atomic E-state index is 13.0. The SMILES string of the molecule is CO/N=C(\C(=O)NC1C(=O)N2C(C(=O)O)=C(CSc3ccc4nnnn4n3)CS[C@H]12)c1nccc(N)n1. The number of aromatic nitrogens is 7. The summed E-state index contributed by atoms with van der Waals surface area (Å²) in [6, 6.07) is 3.87. The van der Waals surface area contributed by atoms with Gasteiger partial charge in [-0.2, -0.15) is 0 Å². The molecule has 16 nitrogen and oxygen atoms in total. The van der Waals surface area contributed by atoms with Gasteiger partial charge in [-0.1, -0.05) is 5.16 Å². The quantitative estimate of drug-likeness (QED) is 0.131. The predicted octanol–water partition coefficient (Wildman–Crippen LogP) is -1.23. The smallest absolute Gasteiger partial charge is 0.352 e. The Morgan fingerprint density at radius 3 is 2.97 bits per heavy atom. The lowest BCUT2D eigenvalue weighted by Crippen LogP contribution is -2.71. The highest BCUT2D eigenvalue weighted by molar-refractivity contribution is 8.01. The van der Waals surface area contributed by atoms with Crippen LogP contribution in [-0.4, -0.2) is 98.8 Å². The fraction of sp³-hybridized carbons (Fsp3) is 0.263. The molecule has 190 valence electrons. The minimum atomic E-state index is -1.24. The number of anilines is 1. The van der Waals surface area contributed by atoms with Gasteiger partial charge in [0.25, 0.3) is 11.8 Å². The second-order valence-electron chi connectivity index (χ2n) is 7.53. The van der Waals surface area contributed by atoms with Gasteiger partial charge in [0.2, 0.25) is 5.71 Å². The highest BCUT2D eigenvalue weighted by Gasteiger charge is 2.54. The molecule has 4 N–H and O–H groups in total. The summed E-state index contributed by atoms with van der Waals surface area (Å²) in [5.41, 5.74) is 6.30. The summed E-state index contributed by atoms with van der Waals surface area (Å²) >= 11 is 2.63. The lowest BCUT2D eigenvalue weighted by Gasteiger charge is -2.49. The van der Waals surface area contributed by atoms with Gasteiger partial charge in [-0.3, -0.25) is 14.5 Å². The Kier molecular flexibility index (Phi) is 6.57. The number of oxime groups is 1. The minimum absolute atomic E-state index is 0.0850. The Labute approximate surface area is 215 Å². The molecule has 0 spiro atoms. The van der Waals surface area contributed by atoms with Gasteiger partial charge in [-0.05, 0) is 34.2 Å². The number of nitrogens with zero attached hydrogens (tertiary/aromatic N) is 9. The lowest BCUT2D eigenvalue weighted by atomic mass is 10.0. The molecule has 1 unspecified atom stereocenters. The second-order valence-corrected chi connectivity index (χ2v) is 9.63. The number of aliphatic carboxylic acids is 1. The molecule has 3 aromatic rings. The number of rotatable bonds is 8. The third-order valence-electron chi connectivity index (χ3n) is 5.26. The molecule has 0 bridgehead atoms. The molecule has 2 atom stereocenters. The van der Waals surface area contributed by atoms with Crippen molar-refractivity contribution in [2.45, 2.75) is 16.4 Å². The third-order valence-corrected chi connectivity index (χ3v) is 7.61. The largest absolute Gasteiger partial charge is 0.477 e.